The highest BCUT2D eigenvalue weighted by Crippen LogP contribution is 2.32. The molecule has 0 spiro atoms. The summed E-state index contributed by atoms with van der Waals surface area (Å²) in [6.07, 6.45) is 3.00. The van der Waals surface area contributed by atoms with Gasteiger partial charge in [-0.25, -0.2) is 8.78 Å². The predicted octanol–water partition coefficient (Wildman–Crippen LogP) is 3.08. The molecule has 0 radical (unpaired) electrons. The number of hydrogen-bond acceptors (Lipinski definition) is 5. The fourth-order valence-electron chi connectivity index (χ4n) is 2.18. The van der Waals surface area contributed by atoms with Crippen LogP contribution in [0.1, 0.15) is 5.56 Å². The first kappa shape index (κ1) is 15.0. The summed E-state index contributed by atoms with van der Waals surface area (Å²) in [7, 11) is 1.38. The summed E-state index contributed by atoms with van der Waals surface area (Å²) in [4.78, 5) is 8.25. The van der Waals surface area contributed by atoms with Crippen molar-refractivity contribution < 1.29 is 18.3 Å². The molecule has 118 valence electrons. The van der Waals surface area contributed by atoms with Crippen LogP contribution >= 0.6 is 0 Å². The van der Waals surface area contributed by atoms with Gasteiger partial charge in [-0.05, 0) is 12.1 Å². The molecule has 3 rings (SSSR count). The molecular formula is C16H13F2N3O2. The molecule has 0 amide bonds. The van der Waals surface area contributed by atoms with Gasteiger partial charge in [0.1, 0.15) is 18.2 Å². The second-order valence-electron chi connectivity index (χ2n) is 4.76. The van der Waals surface area contributed by atoms with Gasteiger partial charge in [0, 0.05) is 24.5 Å². The van der Waals surface area contributed by atoms with Crippen LogP contribution in [-0.2, 0) is 6.61 Å². The van der Waals surface area contributed by atoms with Crippen molar-refractivity contribution in [1.82, 2.24) is 9.97 Å². The molecule has 0 saturated carbocycles. The Labute approximate surface area is 130 Å². The van der Waals surface area contributed by atoms with Gasteiger partial charge in [-0.3, -0.25) is 9.97 Å². The summed E-state index contributed by atoms with van der Waals surface area (Å²) in [6.45, 7) is -0.122. The summed E-state index contributed by atoms with van der Waals surface area (Å²) in [6, 6.07) is 5.25. The van der Waals surface area contributed by atoms with Gasteiger partial charge in [0.2, 0.25) is 0 Å². The Morgan fingerprint density at radius 1 is 1.04 bits per heavy atom. The van der Waals surface area contributed by atoms with E-state index < -0.39 is 11.6 Å². The van der Waals surface area contributed by atoms with Crippen molar-refractivity contribution in [2.75, 3.05) is 12.8 Å². The van der Waals surface area contributed by atoms with Crippen molar-refractivity contribution in [1.29, 1.82) is 0 Å². The number of aromatic nitrogens is 2. The van der Waals surface area contributed by atoms with Crippen LogP contribution in [0, 0.1) is 11.6 Å². The Hall–Kier alpha value is -2.96. The van der Waals surface area contributed by atoms with Crippen LogP contribution in [0.4, 0.5) is 14.5 Å². The van der Waals surface area contributed by atoms with Gasteiger partial charge in [0.15, 0.2) is 11.5 Å². The van der Waals surface area contributed by atoms with Gasteiger partial charge in [-0.15, -0.1) is 0 Å². The van der Waals surface area contributed by atoms with Crippen molar-refractivity contribution in [3.8, 4) is 11.5 Å². The molecule has 1 aromatic heterocycles. The molecule has 23 heavy (non-hydrogen) atoms. The van der Waals surface area contributed by atoms with Crippen LogP contribution in [0.3, 0.4) is 0 Å². The molecule has 1 heterocycles. The number of anilines is 1. The molecule has 0 unspecified atom stereocenters. The van der Waals surface area contributed by atoms with Crippen LogP contribution in [0.15, 0.2) is 36.7 Å². The number of nitrogens with two attached hydrogens (primary N) is 1. The number of rotatable bonds is 4. The Balaban J connectivity index is 1.95. The van der Waals surface area contributed by atoms with Crippen molar-refractivity contribution in [3.05, 3.63) is 53.9 Å². The summed E-state index contributed by atoms with van der Waals surface area (Å²) in [5, 5.41) is 0. The number of nitrogen functional groups attached to an aromatic ring is 1. The first-order valence-corrected chi connectivity index (χ1v) is 6.74. The number of methoxy groups -OCH3 is 1. The molecule has 3 aromatic rings. The topological polar surface area (TPSA) is 70.3 Å². The summed E-state index contributed by atoms with van der Waals surface area (Å²) < 4.78 is 38.1. The third-order valence-electron chi connectivity index (χ3n) is 3.34. The Morgan fingerprint density at radius 3 is 2.61 bits per heavy atom. The second kappa shape index (κ2) is 6.04. The standard InChI is InChI=1S/C16H13F2N3O2/c1-22-14-6-11(18)12(19)7-15(14)23-8-9-10(17)2-3-13-16(9)21-5-4-20-13/h2-7H,8,19H2,1H3. The molecule has 0 aliphatic rings. The highest BCUT2D eigenvalue weighted by molar-refractivity contribution is 5.77. The third-order valence-corrected chi connectivity index (χ3v) is 3.34. The van der Waals surface area contributed by atoms with Crippen LogP contribution in [-0.4, -0.2) is 17.1 Å². The molecule has 2 N–H and O–H groups in total. The van der Waals surface area contributed by atoms with E-state index in [1.807, 2.05) is 0 Å². The van der Waals surface area contributed by atoms with Crippen molar-refractivity contribution in [2.24, 2.45) is 0 Å². The summed E-state index contributed by atoms with van der Waals surface area (Å²) >= 11 is 0. The zero-order chi connectivity index (χ0) is 16.4. The molecule has 0 aliphatic carbocycles. The van der Waals surface area contributed by atoms with E-state index in [1.165, 1.54) is 37.7 Å². The van der Waals surface area contributed by atoms with Gasteiger partial charge >= 0.3 is 0 Å². The lowest BCUT2D eigenvalue weighted by molar-refractivity contribution is 0.280. The summed E-state index contributed by atoms with van der Waals surface area (Å²) in [5.74, 6) is -0.696. The number of fused-ring (bicyclic) bond motifs is 1. The monoisotopic (exact) mass is 317 g/mol. The number of halogens is 2. The Kier molecular flexibility index (Phi) is 3.92. The minimum atomic E-state index is -0.614. The summed E-state index contributed by atoms with van der Waals surface area (Å²) in [5.41, 5.74) is 6.65. The number of hydrogen-bond donors (Lipinski definition) is 1. The van der Waals surface area contributed by atoms with Crippen molar-refractivity contribution in [3.63, 3.8) is 0 Å². The molecule has 7 heteroatoms. The van der Waals surface area contributed by atoms with Crippen LogP contribution < -0.4 is 15.2 Å². The Morgan fingerprint density at radius 2 is 1.83 bits per heavy atom. The molecule has 5 nitrogen and oxygen atoms in total. The Bertz CT molecular complexity index is 871. The first-order chi connectivity index (χ1) is 11.1. The van der Waals surface area contributed by atoms with Gasteiger partial charge in [-0.2, -0.15) is 0 Å². The normalized spacial score (nSPS) is 10.7. The molecule has 0 fully saturated rings. The maximum absolute atomic E-state index is 14.1. The van der Waals surface area contributed by atoms with E-state index in [4.69, 9.17) is 15.2 Å². The predicted molar refractivity (Wildman–Crippen MR) is 81.2 cm³/mol. The third kappa shape index (κ3) is 2.85. The molecule has 0 atom stereocenters. The fourth-order valence-corrected chi connectivity index (χ4v) is 2.18. The largest absolute Gasteiger partial charge is 0.493 e. The van der Waals surface area contributed by atoms with Gasteiger partial charge in [0.05, 0.1) is 29.4 Å². The number of ether oxygens (including phenoxy) is 2. The zero-order valence-corrected chi connectivity index (χ0v) is 12.2. The van der Waals surface area contributed by atoms with Gasteiger partial charge < -0.3 is 15.2 Å². The number of nitrogens with zero attached hydrogens (tertiary/aromatic N) is 2. The smallest absolute Gasteiger partial charge is 0.163 e. The molecule has 0 saturated heterocycles. The van der Waals surface area contributed by atoms with E-state index in [0.717, 1.165) is 6.07 Å². The lowest BCUT2D eigenvalue weighted by Crippen LogP contribution is -2.03. The SMILES string of the molecule is COc1cc(F)c(N)cc1OCc1c(F)ccc2nccnc12. The van der Waals surface area contributed by atoms with E-state index in [0.29, 0.717) is 11.0 Å². The van der Waals surface area contributed by atoms with Crippen molar-refractivity contribution >= 4 is 16.7 Å². The second-order valence-corrected chi connectivity index (χ2v) is 4.76. The zero-order valence-electron chi connectivity index (χ0n) is 12.2. The quantitative estimate of drug-likeness (QED) is 0.749. The molecule has 0 aliphatic heterocycles. The average Bonchev–Trinajstić information content (AvgIpc) is 2.56. The minimum Gasteiger partial charge on any atom is -0.493 e. The molecule has 0 bridgehead atoms. The molecular weight excluding hydrogens is 304 g/mol. The highest BCUT2D eigenvalue weighted by atomic mass is 19.1. The van der Waals surface area contributed by atoms with Gasteiger partial charge in [0.25, 0.3) is 0 Å². The highest BCUT2D eigenvalue weighted by Gasteiger charge is 2.14. The number of benzene rings is 2. The average molecular weight is 317 g/mol. The van der Waals surface area contributed by atoms with Crippen LogP contribution in [0.25, 0.3) is 11.0 Å². The first-order valence-electron chi connectivity index (χ1n) is 6.74. The maximum atomic E-state index is 14.1. The maximum Gasteiger partial charge on any atom is 0.163 e. The van der Waals surface area contributed by atoms with Crippen LogP contribution in [0.2, 0.25) is 0 Å². The van der Waals surface area contributed by atoms with E-state index in [1.54, 1.807) is 0 Å². The van der Waals surface area contributed by atoms with E-state index in [2.05, 4.69) is 9.97 Å². The lowest BCUT2D eigenvalue weighted by Gasteiger charge is -2.13. The minimum absolute atomic E-state index is 0.0843. The van der Waals surface area contributed by atoms with E-state index in [-0.39, 0.29) is 29.4 Å². The lowest BCUT2D eigenvalue weighted by atomic mass is 10.1. The van der Waals surface area contributed by atoms with E-state index in [9.17, 15) is 8.78 Å². The van der Waals surface area contributed by atoms with E-state index >= 15 is 0 Å². The molecule has 2 aromatic carbocycles. The van der Waals surface area contributed by atoms with Gasteiger partial charge in [-0.1, -0.05) is 0 Å². The van der Waals surface area contributed by atoms with Crippen LogP contribution in [0.5, 0.6) is 11.5 Å². The fraction of sp³-hybridized carbons (Fsp3) is 0.125. The van der Waals surface area contributed by atoms with Crippen molar-refractivity contribution in [2.45, 2.75) is 6.61 Å².